The minimum atomic E-state index is -3.18. The van der Waals surface area contributed by atoms with Gasteiger partial charge in [-0.15, -0.1) is 0 Å². The van der Waals surface area contributed by atoms with E-state index in [0.29, 0.717) is 5.69 Å². The van der Waals surface area contributed by atoms with Gasteiger partial charge in [-0.2, -0.15) is 0 Å². The number of nitrogens with zero attached hydrogens (tertiary/aromatic N) is 1. The van der Waals surface area contributed by atoms with Crippen LogP contribution in [-0.2, 0) is 9.84 Å². The summed E-state index contributed by atoms with van der Waals surface area (Å²) in [5.41, 5.74) is 0.607. The highest BCUT2D eigenvalue weighted by molar-refractivity contribution is 7.96. The van der Waals surface area contributed by atoms with Crippen molar-refractivity contribution < 1.29 is 13.2 Å². The van der Waals surface area contributed by atoms with Gasteiger partial charge >= 0.3 is 0 Å². The van der Waals surface area contributed by atoms with Crippen molar-refractivity contribution in [1.82, 2.24) is 0 Å². The van der Waals surface area contributed by atoms with E-state index < -0.39 is 15.1 Å². The molecule has 0 bridgehead atoms. The molecule has 16 heavy (non-hydrogen) atoms. The van der Waals surface area contributed by atoms with E-state index in [1.54, 1.807) is 26.1 Å². The first kappa shape index (κ1) is 13.1. The van der Waals surface area contributed by atoms with Gasteiger partial charge in [0.15, 0.2) is 9.84 Å². The van der Waals surface area contributed by atoms with Crippen LogP contribution in [0.25, 0.3) is 0 Å². The van der Waals surface area contributed by atoms with Gasteiger partial charge in [0.2, 0.25) is 0 Å². The largest absolute Gasteiger partial charge is 0.307 e. The zero-order valence-corrected chi connectivity index (χ0v) is 10.8. The zero-order valence-electron chi connectivity index (χ0n) is 9.04. The number of rotatable bonds is 3. The van der Waals surface area contributed by atoms with Gasteiger partial charge in [-0.05, 0) is 24.3 Å². The Morgan fingerprint density at radius 1 is 1.31 bits per heavy atom. The first-order valence-corrected chi connectivity index (χ1v) is 6.78. The lowest BCUT2D eigenvalue weighted by Gasteiger charge is -2.14. The highest BCUT2D eigenvalue weighted by atomic mass is 32.2. The molecule has 0 N–H and O–H groups in total. The second-order valence-corrected chi connectivity index (χ2v) is 5.90. The summed E-state index contributed by atoms with van der Waals surface area (Å²) in [7, 11) is -1.62. The number of benzene rings is 1. The summed E-state index contributed by atoms with van der Waals surface area (Å²) in [6.07, 6.45) is 0. The Hall–Kier alpha value is -1.01. The van der Waals surface area contributed by atoms with E-state index in [2.05, 4.69) is 12.6 Å². The van der Waals surface area contributed by atoms with E-state index in [9.17, 15) is 13.2 Å². The Balaban J connectivity index is 3.05. The van der Waals surface area contributed by atoms with E-state index >= 15 is 0 Å². The molecule has 0 fully saturated rings. The molecule has 0 aliphatic rings. The number of carbonyl (C=O) groups is 1. The molecular formula is C10H13NO3S2. The van der Waals surface area contributed by atoms with Crippen molar-refractivity contribution in [3.63, 3.8) is 0 Å². The van der Waals surface area contributed by atoms with Gasteiger partial charge in [-0.1, -0.05) is 19.6 Å². The molecule has 88 valence electrons. The summed E-state index contributed by atoms with van der Waals surface area (Å²) in [5, 5.41) is -0.397. The van der Waals surface area contributed by atoms with Crippen molar-refractivity contribution in [2.24, 2.45) is 0 Å². The van der Waals surface area contributed by atoms with Crippen LogP contribution in [0.1, 0.15) is 6.92 Å². The minimum absolute atomic E-state index is 0.0632. The summed E-state index contributed by atoms with van der Waals surface area (Å²) in [4.78, 5) is 12.5. The molecule has 1 amide bonds. The van der Waals surface area contributed by atoms with Crippen LogP contribution in [0, 0.1) is 0 Å². The van der Waals surface area contributed by atoms with Gasteiger partial charge in [0.25, 0.3) is 5.24 Å². The first-order valence-electron chi connectivity index (χ1n) is 4.68. The summed E-state index contributed by atoms with van der Waals surface area (Å²) < 4.78 is 23.0. The van der Waals surface area contributed by atoms with Crippen LogP contribution in [0.15, 0.2) is 29.2 Å². The number of hydrogen-bond acceptors (Lipinski definition) is 3. The predicted octanol–water partition coefficient (Wildman–Crippen LogP) is 1.97. The van der Waals surface area contributed by atoms with Gasteiger partial charge in [-0.3, -0.25) is 4.79 Å². The Morgan fingerprint density at radius 3 is 2.19 bits per heavy atom. The molecule has 1 aromatic carbocycles. The highest BCUT2D eigenvalue weighted by Crippen LogP contribution is 2.18. The van der Waals surface area contributed by atoms with Gasteiger partial charge in [0.1, 0.15) is 0 Å². The van der Waals surface area contributed by atoms with Crippen molar-refractivity contribution in [2.75, 3.05) is 17.7 Å². The van der Waals surface area contributed by atoms with Crippen LogP contribution >= 0.6 is 12.6 Å². The van der Waals surface area contributed by atoms with Gasteiger partial charge < -0.3 is 4.90 Å². The molecule has 0 radical (unpaired) electrons. The van der Waals surface area contributed by atoms with Crippen molar-refractivity contribution >= 4 is 33.4 Å². The fourth-order valence-electron chi connectivity index (χ4n) is 1.15. The third-order valence-corrected chi connectivity index (χ3v) is 4.30. The van der Waals surface area contributed by atoms with E-state index in [-0.39, 0.29) is 10.6 Å². The summed E-state index contributed by atoms with van der Waals surface area (Å²) in [6, 6.07) is 6.14. The maximum Gasteiger partial charge on any atom is 0.282 e. The standard InChI is InChI=1S/C10H13NO3S2/c1-3-16(13,14)9-6-4-8(5-7-9)11(2)10(12)15/h4-7H,3H2,1-2H3,(H,12,15). The second kappa shape index (κ2) is 4.88. The number of anilines is 1. The smallest absolute Gasteiger partial charge is 0.282 e. The van der Waals surface area contributed by atoms with E-state index in [0.717, 1.165) is 0 Å². The van der Waals surface area contributed by atoms with Crippen LogP contribution in [0.4, 0.5) is 10.5 Å². The predicted molar refractivity (Wildman–Crippen MR) is 67.0 cm³/mol. The first-order chi connectivity index (χ1) is 7.38. The molecule has 0 aromatic heterocycles. The lowest BCUT2D eigenvalue weighted by atomic mass is 10.3. The van der Waals surface area contributed by atoms with Crippen LogP contribution in [0.3, 0.4) is 0 Å². The molecule has 4 nitrogen and oxygen atoms in total. The van der Waals surface area contributed by atoms with E-state index in [1.165, 1.54) is 17.0 Å². The molecule has 0 aliphatic heterocycles. The van der Waals surface area contributed by atoms with Crippen molar-refractivity contribution in [3.8, 4) is 0 Å². The maximum atomic E-state index is 11.5. The molecule has 0 saturated heterocycles. The number of thiol groups is 1. The molecule has 1 rings (SSSR count). The van der Waals surface area contributed by atoms with Crippen LogP contribution in [0.2, 0.25) is 0 Å². The van der Waals surface area contributed by atoms with Crippen LogP contribution in [0.5, 0.6) is 0 Å². The number of amides is 1. The molecule has 0 atom stereocenters. The molecule has 0 spiro atoms. The fourth-order valence-corrected chi connectivity index (χ4v) is 2.15. The highest BCUT2D eigenvalue weighted by Gasteiger charge is 2.12. The van der Waals surface area contributed by atoms with Crippen molar-refractivity contribution in [3.05, 3.63) is 24.3 Å². The lowest BCUT2D eigenvalue weighted by Crippen LogP contribution is -2.19. The Kier molecular flexibility index (Phi) is 3.98. The average molecular weight is 259 g/mol. The monoisotopic (exact) mass is 259 g/mol. The van der Waals surface area contributed by atoms with Crippen molar-refractivity contribution in [1.29, 1.82) is 0 Å². The Labute approximate surface area is 101 Å². The number of sulfone groups is 1. The van der Waals surface area contributed by atoms with Gasteiger partial charge in [0.05, 0.1) is 10.6 Å². The molecule has 0 saturated carbocycles. The summed E-state index contributed by atoms with van der Waals surface area (Å²) >= 11 is 3.67. The van der Waals surface area contributed by atoms with Crippen LogP contribution < -0.4 is 4.90 Å². The maximum absolute atomic E-state index is 11.5. The molecule has 0 heterocycles. The van der Waals surface area contributed by atoms with Crippen molar-refractivity contribution in [2.45, 2.75) is 11.8 Å². The SMILES string of the molecule is CCS(=O)(=O)c1ccc(N(C)C(=O)S)cc1. The molecule has 6 heteroatoms. The topological polar surface area (TPSA) is 54.5 Å². The zero-order chi connectivity index (χ0) is 12.3. The number of hydrogen-bond donors (Lipinski definition) is 1. The summed E-state index contributed by atoms with van der Waals surface area (Å²) in [5.74, 6) is 0.0632. The second-order valence-electron chi connectivity index (χ2n) is 3.24. The molecule has 0 unspecified atom stereocenters. The normalized spacial score (nSPS) is 11.2. The third-order valence-electron chi connectivity index (χ3n) is 2.25. The Morgan fingerprint density at radius 2 is 1.81 bits per heavy atom. The van der Waals surface area contributed by atoms with Gasteiger partial charge in [-0.25, -0.2) is 8.42 Å². The van der Waals surface area contributed by atoms with Crippen LogP contribution in [-0.4, -0.2) is 26.5 Å². The average Bonchev–Trinajstić information content (AvgIpc) is 2.28. The quantitative estimate of drug-likeness (QED) is 0.844. The molecule has 1 aromatic rings. The Bertz CT molecular complexity index is 479. The van der Waals surface area contributed by atoms with E-state index in [1.807, 2.05) is 0 Å². The third kappa shape index (κ3) is 2.76. The van der Waals surface area contributed by atoms with Gasteiger partial charge in [0, 0.05) is 12.7 Å². The number of carbonyl (C=O) groups excluding carboxylic acids is 1. The minimum Gasteiger partial charge on any atom is -0.307 e. The fraction of sp³-hybridized carbons (Fsp3) is 0.300. The summed E-state index contributed by atoms with van der Waals surface area (Å²) in [6.45, 7) is 1.59. The molecular weight excluding hydrogens is 246 g/mol. The van der Waals surface area contributed by atoms with E-state index in [4.69, 9.17) is 0 Å². The lowest BCUT2D eigenvalue weighted by molar-refractivity contribution is 0.266. The molecule has 0 aliphatic carbocycles.